The zero-order valence-electron chi connectivity index (χ0n) is 21.4. The molecule has 1 aliphatic rings. The minimum absolute atomic E-state index is 0.0373. The van der Waals surface area contributed by atoms with Gasteiger partial charge < -0.3 is 10.2 Å². The van der Waals surface area contributed by atoms with Gasteiger partial charge in [0.25, 0.3) is 5.91 Å². The Morgan fingerprint density at radius 3 is 2.36 bits per heavy atom. The van der Waals surface area contributed by atoms with Crippen LogP contribution in [0.2, 0.25) is 0 Å². The van der Waals surface area contributed by atoms with Crippen LogP contribution in [0, 0.1) is 18.3 Å². The van der Waals surface area contributed by atoms with E-state index < -0.39 is 26.0 Å². The predicted octanol–water partition coefficient (Wildman–Crippen LogP) is 1.21. The Balaban J connectivity index is 1.44. The minimum Gasteiger partial charge on any atom is -0.338 e. The summed E-state index contributed by atoms with van der Waals surface area (Å²) in [6, 6.07) is 12.5. The van der Waals surface area contributed by atoms with Gasteiger partial charge in [0, 0.05) is 45.1 Å². The highest BCUT2D eigenvalue weighted by Crippen LogP contribution is 2.24. The molecule has 0 atom stereocenters. The Morgan fingerprint density at radius 1 is 1.05 bits per heavy atom. The quantitative estimate of drug-likeness (QED) is 0.436. The van der Waals surface area contributed by atoms with E-state index >= 15 is 0 Å². The monoisotopic (exact) mass is 570 g/mol. The van der Waals surface area contributed by atoms with Crippen molar-refractivity contribution in [1.29, 1.82) is 5.26 Å². The molecular formula is C24H26N8O5S2. The summed E-state index contributed by atoms with van der Waals surface area (Å²) < 4.78 is 52.6. The standard InChI is InChI=1S/C24H26N8O5S2/c1-17-14-18(15-25)28-24(27-17)31-10-12-32(13-11-31)39(36,37)19-8-9-22(26-16-19)29-23(33)20-6-4-5-7-21(20)30(2)38(3,34)35/h4-9,14,16H,10-13H2,1-3H3,(H,26,29,33). The van der Waals surface area contributed by atoms with Crippen molar-refractivity contribution in [2.75, 3.05) is 54.0 Å². The molecule has 0 bridgehead atoms. The molecule has 1 N–H and O–H groups in total. The summed E-state index contributed by atoms with van der Waals surface area (Å²) in [5.41, 5.74) is 1.20. The number of anilines is 3. The average Bonchev–Trinajstić information content (AvgIpc) is 2.92. The van der Waals surface area contributed by atoms with Gasteiger partial charge >= 0.3 is 0 Å². The van der Waals surface area contributed by atoms with Crippen LogP contribution in [0.3, 0.4) is 0 Å². The van der Waals surface area contributed by atoms with Gasteiger partial charge in [0.05, 0.1) is 17.5 Å². The van der Waals surface area contributed by atoms with Gasteiger partial charge in [-0.3, -0.25) is 9.10 Å². The van der Waals surface area contributed by atoms with E-state index in [4.69, 9.17) is 5.26 Å². The van der Waals surface area contributed by atoms with Gasteiger partial charge in [-0.05, 0) is 37.3 Å². The molecule has 1 amide bonds. The zero-order chi connectivity index (χ0) is 28.4. The smallest absolute Gasteiger partial charge is 0.258 e. The lowest BCUT2D eigenvalue weighted by atomic mass is 10.1. The third-order valence-electron chi connectivity index (χ3n) is 6.08. The predicted molar refractivity (Wildman–Crippen MR) is 144 cm³/mol. The van der Waals surface area contributed by atoms with Gasteiger partial charge in [-0.1, -0.05) is 12.1 Å². The highest BCUT2D eigenvalue weighted by molar-refractivity contribution is 7.92. The van der Waals surface area contributed by atoms with Crippen LogP contribution in [-0.4, -0.2) is 81.5 Å². The number of para-hydroxylation sites is 1. The lowest BCUT2D eigenvalue weighted by Gasteiger charge is -2.34. The van der Waals surface area contributed by atoms with Crippen molar-refractivity contribution in [2.24, 2.45) is 0 Å². The van der Waals surface area contributed by atoms with Crippen molar-refractivity contribution >= 4 is 43.4 Å². The number of hydrogen-bond donors (Lipinski definition) is 1. The number of nitrogens with one attached hydrogen (secondary N) is 1. The van der Waals surface area contributed by atoms with Crippen molar-refractivity contribution in [2.45, 2.75) is 11.8 Å². The molecule has 1 saturated heterocycles. The molecular weight excluding hydrogens is 544 g/mol. The number of hydrogen-bond acceptors (Lipinski definition) is 10. The Morgan fingerprint density at radius 2 is 1.74 bits per heavy atom. The van der Waals surface area contributed by atoms with Crippen molar-refractivity contribution in [3.63, 3.8) is 0 Å². The number of carbonyl (C=O) groups is 1. The maximum absolute atomic E-state index is 13.2. The Kier molecular flexibility index (Phi) is 7.82. The molecule has 1 fully saturated rings. The van der Waals surface area contributed by atoms with E-state index in [1.165, 1.54) is 35.6 Å². The number of amides is 1. The van der Waals surface area contributed by atoms with Gasteiger partial charge in [0.1, 0.15) is 22.5 Å². The van der Waals surface area contributed by atoms with Crippen LogP contribution in [0.4, 0.5) is 17.5 Å². The molecule has 0 unspecified atom stereocenters. The highest BCUT2D eigenvalue weighted by atomic mass is 32.2. The van der Waals surface area contributed by atoms with Crippen LogP contribution in [0.25, 0.3) is 0 Å². The molecule has 1 aliphatic heterocycles. The van der Waals surface area contributed by atoms with Gasteiger partial charge in [-0.2, -0.15) is 9.57 Å². The second-order valence-electron chi connectivity index (χ2n) is 8.78. The van der Waals surface area contributed by atoms with Gasteiger partial charge in [0.2, 0.25) is 26.0 Å². The summed E-state index contributed by atoms with van der Waals surface area (Å²) in [5.74, 6) is -0.113. The second-order valence-corrected chi connectivity index (χ2v) is 12.7. The van der Waals surface area contributed by atoms with Gasteiger partial charge in [-0.25, -0.2) is 31.8 Å². The van der Waals surface area contributed by atoms with Crippen molar-refractivity contribution < 1.29 is 21.6 Å². The molecule has 4 rings (SSSR count). The van der Waals surface area contributed by atoms with Gasteiger partial charge in [0.15, 0.2) is 0 Å². The maximum atomic E-state index is 13.2. The Hall–Kier alpha value is -4.13. The van der Waals surface area contributed by atoms with Crippen LogP contribution < -0.4 is 14.5 Å². The number of aromatic nitrogens is 3. The molecule has 0 radical (unpaired) electrons. The second kappa shape index (κ2) is 10.9. The minimum atomic E-state index is -3.86. The Labute approximate surface area is 226 Å². The number of nitrogens with zero attached hydrogens (tertiary/aromatic N) is 7. The highest BCUT2D eigenvalue weighted by Gasteiger charge is 2.30. The first-order valence-corrected chi connectivity index (χ1v) is 15.0. The first-order chi connectivity index (χ1) is 18.4. The number of aryl methyl sites for hydroxylation is 1. The molecule has 39 heavy (non-hydrogen) atoms. The molecule has 3 heterocycles. The molecule has 2 aromatic heterocycles. The van der Waals surface area contributed by atoms with E-state index in [0.717, 1.165) is 16.8 Å². The summed E-state index contributed by atoms with van der Waals surface area (Å²) in [6.45, 7) is 2.82. The van der Waals surface area contributed by atoms with Crippen LogP contribution in [0.15, 0.2) is 53.6 Å². The molecule has 3 aromatic rings. The number of piperazine rings is 1. The lowest BCUT2D eigenvalue weighted by Crippen LogP contribution is -2.49. The Bertz CT molecular complexity index is 1650. The fourth-order valence-electron chi connectivity index (χ4n) is 3.94. The SMILES string of the molecule is Cc1cc(C#N)nc(N2CCN(S(=O)(=O)c3ccc(NC(=O)c4ccccc4N(C)S(C)(=O)=O)nc3)CC2)n1. The summed E-state index contributed by atoms with van der Waals surface area (Å²) in [7, 11) is -6.11. The van der Waals surface area contributed by atoms with Crippen molar-refractivity contribution in [1.82, 2.24) is 19.3 Å². The number of carbonyl (C=O) groups excluding carboxylic acids is 1. The van der Waals surface area contributed by atoms with Crippen molar-refractivity contribution in [3.8, 4) is 6.07 Å². The van der Waals surface area contributed by atoms with E-state index in [9.17, 15) is 21.6 Å². The van der Waals surface area contributed by atoms with Crippen LogP contribution in [-0.2, 0) is 20.0 Å². The fraction of sp³-hybridized carbons (Fsp3) is 0.292. The van der Waals surface area contributed by atoms with Crippen LogP contribution in [0.5, 0.6) is 0 Å². The number of sulfonamides is 2. The molecule has 0 saturated carbocycles. The van der Waals surface area contributed by atoms with Crippen molar-refractivity contribution in [3.05, 3.63) is 65.6 Å². The summed E-state index contributed by atoms with van der Waals surface area (Å²) in [4.78, 5) is 27.3. The molecule has 13 nitrogen and oxygen atoms in total. The first-order valence-electron chi connectivity index (χ1n) is 11.7. The van der Waals surface area contributed by atoms with E-state index in [1.54, 1.807) is 25.1 Å². The fourth-order valence-corrected chi connectivity index (χ4v) is 5.82. The third-order valence-corrected chi connectivity index (χ3v) is 9.15. The van der Waals surface area contributed by atoms with Gasteiger partial charge in [-0.15, -0.1) is 0 Å². The maximum Gasteiger partial charge on any atom is 0.258 e. The van der Waals surface area contributed by atoms with E-state index in [1.807, 2.05) is 11.0 Å². The molecule has 0 spiro atoms. The molecule has 1 aromatic carbocycles. The number of rotatable bonds is 7. The average molecular weight is 571 g/mol. The lowest BCUT2D eigenvalue weighted by molar-refractivity contribution is 0.102. The normalized spacial score (nSPS) is 14.5. The third kappa shape index (κ3) is 6.14. The topological polar surface area (TPSA) is 170 Å². The molecule has 15 heteroatoms. The van der Waals surface area contributed by atoms with Crippen LogP contribution >= 0.6 is 0 Å². The number of benzene rings is 1. The summed E-state index contributed by atoms with van der Waals surface area (Å²) in [6.07, 6.45) is 2.19. The van der Waals surface area contributed by atoms with E-state index in [0.29, 0.717) is 24.7 Å². The summed E-state index contributed by atoms with van der Waals surface area (Å²) >= 11 is 0. The van der Waals surface area contributed by atoms with Crippen LogP contribution in [0.1, 0.15) is 21.7 Å². The van der Waals surface area contributed by atoms with E-state index in [2.05, 4.69) is 20.3 Å². The summed E-state index contributed by atoms with van der Waals surface area (Å²) in [5, 5.41) is 11.7. The molecule has 0 aliphatic carbocycles. The molecule has 204 valence electrons. The van der Waals surface area contributed by atoms with E-state index in [-0.39, 0.29) is 40.7 Å². The first kappa shape index (κ1) is 27.9. The largest absolute Gasteiger partial charge is 0.338 e. The number of nitriles is 1. The number of pyridine rings is 1. The zero-order valence-corrected chi connectivity index (χ0v) is 23.1.